The van der Waals surface area contributed by atoms with Crippen molar-refractivity contribution in [1.82, 2.24) is 19.9 Å². The van der Waals surface area contributed by atoms with Crippen molar-refractivity contribution in [1.29, 1.82) is 0 Å². The number of oxazole rings is 1. The van der Waals surface area contributed by atoms with Crippen LogP contribution in [0.2, 0.25) is 5.02 Å². The van der Waals surface area contributed by atoms with Crippen molar-refractivity contribution in [2.24, 2.45) is 11.5 Å². The Morgan fingerprint density at radius 2 is 1.76 bits per heavy atom. The molecule has 1 fully saturated rings. The summed E-state index contributed by atoms with van der Waals surface area (Å²) in [5.74, 6) is -2.79. The van der Waals surface area contributed by atoms with E-state index in [0.717, 1.165) is 11.2 Å². The molecular formula is C32H41ClN6O8S2. The monoisotopic (exact) mass is 736 g/mol. The van der Waals surface area contributed by atoms with E-state index in [1.807, 2.05) is 0 Å². The van der Waals surface area contributed by atoms with E-state index in [9.17, 15) is 31.2 Å². The number of carbonyl (C=O) groups is 3. The molecule has 2 aromatic carbocycles. The predicted molar refractivity (Wildman–Crippen MR) is 186 cm³/mol. The highest BCUT2D eigenvalue weighted by Gasteiger charge is 2.47. The van der Waals surface area contributed by atoms with Crippen LogP contribution in [0, 0.1) is 0 Å². The maximum absolute atomic E-state index is 14.0. The summed E-state index contributed by atoms with van der Waals surface area (Å²) in [6, 6.07) is 9.20. The van der Waals surface area contributed by atoms with E-state index in [1.54, 1.807) is 54.6 Å². The lowest BCUT2D eigenvalue weighted by atomic mass is 10.0. The fourth-order valence-electron chi connectivity index (χ4n) is 5.62. The van der Waals surface area contributed by atoms with Crippen LogP contribution < -0.4 is 21.5 Å². The van der Waals surface area contributed by atoms with Gasteiger partial charge in [0.2, 0.25) is 27.6 Å². The summed E-state index contributed by atoms with van der Waals surface area (Å²) in [4.78, 5) is 47.0. The van der Waals surface area contributed by atoms with Crippen LogP contribution >= 0.6 is 11.6 Å². The Bertz CT molecular complexity index is 1850. The second-order valence-corrected chi connectivity index (χ2v) is 16.4. The van der Waals surface area contributed by atoms with Gasteiger partial charge in [-0.2, -0.15) is 0 Å². The second-order valence-electron chi connectivity index (χ2n) is 11.9. The molecule has 4 rings (SSSR count). The Morgan fingerprint density at radius 1 is 1.04 bits per heavy atom. The van der Waals surface area contributed by atoms with Crippen molar-refractivity contribution in [2.45, 2.75) is 61.2 Å². The topological polar surface area (TPSA) is 225 Å². The normalized spacial score (nSPS) is 18.2. The van der Waals surface area contributed by atoms with Crippen LogP contribution in [0.1, 0.15) is 48.4 Å². The average Bonchev–Trinajstić information content (AvgIpc) is 3.70. The first-order chi connectivity index (χ1) is 23.2. The molecule has 0 radical (unpaired) electrons. The van der Waals surface area contributed by atoms with Crippen molar-refractivity contribution in [2.75, 3.05) is 25.9 Å². The third-order valence-corrected chi connectivity index (χ3v) is 11.1. The molecule has 1 saturated heterocycles. The Kier molecular flexibility index (Phi) is 13.1. The number of Topliss-reactive ketones (excluding diaryl/α,β-unsaturated/α-hetero) is 1. The van der Waals surface area contributed by atoms with E-state index in [0.29, 0.717) is 41.1 Å². The van der Waals surface area contributed by atoms with E-state index in [1.165, 1.54) is 6.08 Å². The van der Waals surface area contributed by atoms with Gasteiger partial charge in [-0.1, -0.05) is 48.0 Å². The fourth-order valence-corrected chi connectivity index (χ4v) is 8.22. The van der Waals surface area contributed by atoms with Crippen molar-refractivity contribution < 1.29 is 35.6 Å². The number of ketones is 1. The molecule has 1 aromatic heterocycles. The molecule has 266 valence electrons. The van der Waals surface area contributed by atoms with Crippen LogP contribution in [0.15, 0.2) is 65.1 Å². The quantitative estimate of drug-likeness (QED) is 0.0886. The Hall–Kier alpha value is -3.67. The fraction of sp³-hybridized carbons (Fsp3) is 0.438. The van der Waals surface area contributed by atoms with Gasteiger partial charge in [0, 0.05) is 18.1 Å². The van der Waals surface area contributed by atoms with Gasteiger partial charge in [-0.3, -0.25) is 14.4 Å². The number of likely N-dealkylation sites (tertiary alicyclic amines) is 1. The molecule has 17 heteroatoms. The molecule has 6 N–H and O–H groups in total. The van der Waals surface area contributed by atoms with Crippen LogP contribution in [0.25, 0.3) is 11.1 Å². The van der Waals surface area contributed by atoms with Gasteiger partial charge in [0.1, 0.15) is 17.6 Å². The minimum atomic E-state index is -3.95. The summed E-state index contributed by atoms with van der Waals surface area (Å²) >= 11 is 5.96. The number of hydrogen-bond acceptors (Lipinski definition) is 11. The number of para-hydroxylation sites is 2. The van der Waals surface area contributed by atoms with Gasteiger partial charge in [-0.15, -0.1) is 0 Å². The number of nitrogens with zero attached hydrogens (tertiary/aromatic N) is 2. The summed E-state index contributed by atoms with van der Waals surface area (Å²) < 4.78 is 59.8. The van der Waals surface area contributed by atoms with Crippen molar-refractivity contribution in [3.05, 3.63) is 77.2 Å². The van der Waals surface area contributed by atoms with E-state index in [2.05, 4.69) is 15.0 Å². The number of amides is 2. The third kappa shape index (κ3) is 10.4. The summed E-state index contributed by atoms with van der Waals surface area (Å²) in [5, 5.41) is 1.96. The lowest BCUT2D eigenvalue weighted by Gasteiger charge is -2.29. The zero-order chi connectivity index (χ0) is 35.8. The summed E-state index contributed by atoms with van der Waals surface area (Å²) in [5.41, 5.74) is 12.5. The Balaban J connectivity index is 1.66. The van der Waals surface area contributed by atoms with Gasteiger partial charge in [0.15, 0.2) is 15.4 Å². The van der Waals surface area contributed by atoms with Gasteiger partial charge < -0.3 is 26.1 Å². The van der Waals surface area contributed by atoms with E-state index >= 15 is 0 Å². The van der Waals surface area contributed by atoms with Gasteiger partial charge >= 0.3 is 0 Å². The van der Waals surface area contributed by atoms with Gasteiger partial charge in [0.25, 0.3) is 5.89 Å². The number of aromatic nitrogens is 1. The van der Waals surface area contributed by atoms with Crippen molar-refractivity contribution in [3.8, 4) is 0 Å². The van der Waals surface area contributed by atoms with Crippen LogP contribution in [0.3, 0.4) is 0 Å². The standard InChI is InChI=1S/C32H41ClN6O8S2/c1-48(43,44)38-26(10-5-7-17-35)32(42)39-19-23(49(45,46)20-21-12-14-22(33)15-13-21)18-27(39)30(41)36-25(9-4-6-16-34)29(40)31-37-24-8-2-3-11-28(24)47-31/h2-3,5,7-8,11-15,23,25-27,38H,4,6,9-10,16-20,34-35H2,1H3,(H,36,41)/t23-,25+,26-,27+/m1/s1. The SMILES string of the molecule is CS(=O)(=O)N[C@H](CC=CCN)C(=O)N1C[C@H](S(=O)(=O)Cc2ccc(Cl)cc2)C[C@H]1C(=O)N[C@@H](CCCCN)C(=O)c1nc2ccccc2o1. The number of benzene rings is 2. The maximum Gasteiger partial charge on any atom is 0.266 e. The van der Waals surface area contributed by atoms with E-state index < -0.39 is 60.8 Å². The summed E-state index contributed by atoms with van der Waals surface area (Å²) in [6.45, 7) is 0.106. The molecule has 3 aromatic rings. The summed E-state index contributed by atoms with van der Waals surface area (Å²) in [7, 11) is -7.86. The molecule has 2 amide bonds. The maximum atomic E-state index is 14.0. The zero-order valence-corrected chi connectivity index (χ0v) is 29.3. The lowest BCUT2D eigenvalue weighted by Crippen LogP contribution is -2.55. The molecule has 0 aliphatic carbocycles. The molecule has 1 aliphatic heterocycles. The molecule has 49 heavy (non-hydrogen) atoms. The smallest absolute Gasteiger partial charge is 0.266 e. The van der Waals surface area contributed by atoms with Gasteiger partial charge in [-0.25, -0.2) is 26.5 Å². The number of halogens is 1. The number of nitrogens with two attached hydrogens (primary N) is 2. The average molecular weight is 737 g/mol. The summed E-state index contributed by atoms with van der Waals surface area (Å²) in [6.07, 6.45) is 4.75. The number of carbonyl (C=O) groups excluding carboxylic acids is 3. The van der Waals surface area contributed by atoms with Gasteiger partial charge in [0.05, 0.1) is 23.3 Å². The molecule has 0 saturated carbocycles. The number of fused-ring (bicyclic) bond motifs is 1. The Morgan fingerprint density at radius 3 is 2.41 bits per heavy atom. The van der Waals surface area contributed by atoms with E-state index in [-0.39, 0.29) is 44.0 Å². The second kappa shape index (κ2) is 16.8. The largest absolute Gasteiger partial charge is 0.434 e. The number of unbranched alkanes of at least 4 members (excludes halogenated alkanes) is 1. The number of nitrogens with one attached hydrogen (secondary N) is 2. The van der Waals surface area contributed by atoms with Crippen LogP contribution in [-0.4, -0.2) is 93.6 Å². The highest BCUT2D eigenvalue weighted by atomic mass is 35.5. The van der Waals surface area contributed by atoms with Gasteiger partial charge in [-0.05, 0) is 68.5 Å². The molecule has 0 spiro atoms. The third-order valence-electron chi connectivity index (χ3n) is 8.05. The van der Waals surface area contributed by atoms with E-state index in [4.69, 9.17) is 27.5 Å². The zero-order valence-electron chi connectivity index (χ0n) is 27.0. The minimum absolute atomic E-state index is 0.103. The molecule has 0 unspecified atom stereocenters. The highest BCUT2D eigenvalue weighted by molar-refractivity contribution is 7.91. The molecule has 1 aliphatic rings. The Labute approximate surface area is 290 Å². The molecule has 2 heterocycles. The first-order valence-electron chi connectivity index (χ1n) is 15.7. The first kappa shape index (κ1) is 38.1. The highest BCUT2D eigenvalue weighted by Crippen LogP contribution is 2.28. The number of rotatable bonds is 17. The lowest BCUT2D eigenvalue weighted by molar-refractivity contribution is -0.139. The molecule has 4 atom stereocenters. The molecular weight excluding hydrogens is 696 g/mol. The predicted octanol–water partition coefficient (Wildman–Crippen LogP) is 1.69. The minimum Gasteiger partial charge on any atom is -0.434 e. The molecule has 0 bridgehead atoms. The van der Waals surface area contributed by atoms with Crippen LogP contribution in [0.5, 0.6) is 0 Å². The number of sulfonamides is 1. The van der Waals surface area contributed by atoms with Crippen molar-refractivity contribution >= 4 is 60.2 Å². The number of hydrogen-bond donors (Lipinski definition) is 4. The molecule has 14 nitrogen and oxygen atoms in total. The van der Waals surface area contributed by atoms with Crippen LogP contribution in [0.4, 0.5) is 0 Å². The first-order valence-corrected chi connectivity index (χ1v) is 19.7. The number of sulfone groups is 1. The van der Waals surface area contributed by atoms with Crippen molar-refractivity contribution in [3.63, 3.8) is 0 Å². The van der Waals surface area contributed by atoms with Crippen LogP contribution in [-0.2, 0) is 35.2 Å².